The van der Waals surface area contributed by atoms with Gasteiger partial charge in [-0.25, -0.2) is 8.42 Å². The summed E-state index contributed by atoms with van der Waals surface area (Å²) in [5, 5.41) is 3.52. The Morgan fingerprint density at radius 1 is 0.968 bits per heavy atom. The molecular formula is C21H25ClN4O4S. The molecule has 0 aliphatic carbocycles. The highest BCUT2D eigenvalue weighted by molar-refractivity contribution is 7.89. The van der Waals surface area contributed by atoms with Crippen molar-refractivity contribution in [1.29, 1.82) is 0 Å². The largest absolute Gasteiger partial charge is 0.376 e. The maximum absolute atomic E-state index is 12.7. The summed E-state index contributed by atoms with van der Waals surface area (Å²) in [6, 6.07) is 13.0. The zero-order valence-electron chi connectivity index (χ0n) is 17.4. The van der Waals surface area contributed by atoms with Crippen LogP contribution in [0, 0.1) is 0 Å². The molecule has 2 aromatic carbocycles. The number of hydrogen-bond acceptors (Lipinski definition) is 5. The van der Waals surface area contributed by atoms with Crippen molar-refractivity contribution in [1.82, 2.24) is 14.1 Å². The van der Waals surface area contributed by atoms with E-state index in [9.17, 15) is 18.0 Å². The Kier molecular flexibility index (Phi) is 7.19. The maximum Gasteiger partial charge on any atom is 0.253 e. The minimum absolute atomic E-state index is 0.0882. The van der Waals surface area contributed by atoms with E-state index in [1.54, 1.807) is 55.4 Å². The molecule has 2 aromatic rings. The number of rotatable bonds is 6. The number of carbonyl (C=O) groups excluding carboxylic acids is 2. The lowest BCUT2D eigenvalue weighted by Gasteiger charge is -2.34. The number of benzene rings is 2. The van der Waals surface area contributed by atoms with E-state index in [-0.39, 0.29) is 36.3 Å². The van der Waals surface area contributed by atoms with Crippen LogP contribution < -0.4 is 5.32 Å². The number of sulfonamides is 1. The predicted octanol–water partition coefficient (Wildman–Crippen LogP) is 1.99. The summed E-state index contributed by atoms with van der Waals surface area (Å²) in [6.07, 6.45) is 0. The molecule has 0 saturated carbocycles. The smallest absolute Gasteiger partial charge is 0.253 e. The van der Waals surface area contributed by atoms with Crippen LogP contribution in [0.15, 0.2) is 53.4 Å². The van der Waals surface area contributed by atoms with Gasteiger partial charge in [0.25, 0.3) is 5.91 Å². The molecule has 1 saturated heterocycles. The number of halogens is 1. The number of hydrogen-bond donors (Lipinski definition) is 1. The molecule has 1 N–H and O–H groups in total. The third kappa shape index (κ3) is 5.55. The van der Waals surface area contributed by atoms with Crippen LogP contribution in [0.25, 0.3) is 0 Å². The monoisotopic (exact) mass is 464 g/mol. The molecule has 0 unspecified atom stereocenters. The summed E-state index contributed by atoms with van der Waals surface area (Å²) in [5.74, 6) is -0.203. The fraction of sp³-hybridized carbons (Fsp3) is 0.333. The molecule has 1 fully saturated rings. The van der Waals surface area contributed by atoms with Crippen molar-refractivity contribution in [3.63, 3.8) is 0 Å². The maximum atomic E-state index is 12.7. The minimum atomic E-state index is -3.61. The SMILES string of the molecule is CN(C)C(=O)c1ccc(NCC(=O)N2CCN(S(=O)(=O)c3ccc(Cl)cc3)CC2)cc1. The molecule has 0 atom stereocenters. The number of carbonyl (C=O) groups is 2. The standard InChI is InChI=1S/C21H25ClN4O4S/c1-24(2)21(28)16-3-7-18(8-4-16)23-15-20(27)25-11-13-26(14-12-25)31(29,30)19-9-5-17(22)6-10-19/h3-10,23H,11-15H2,1-2H3. The van der Waals surface area contributed by atoms with E-state index in [1.165, 1.54) is 21.3 Å². The number of nitrogens with zero attached hydrogens (tertiary/aromatic N) is 3. The van der Waals surface area contributed by atoms with Gasteiger partial charge in [-0.2, -0.15) is 4.31 Å². The number of anilines is 1. The Labute approximate surface area is 187 Å². The lowest BCUT2D eigenvalue weighted by atomic mass is 10.2. The van der Waals surface area contributed by atoms with Gasteiger partial charge < -0.3 is 15.1 Å². The second-order valence-corrected chi connectivity index (χ2v) is 9.74. The number of amides is 2. The van der Waals surface area contributed by atoms with Crippen molar-refractivity contribution >= 4 is 39.1 Å². The molecule has 31 heavy (non-hydrogen) atoms. The van der Waals surface area contributed by atoms with Gasteiger partial charge >= 0.3 is 0 Å². The molecule has 10 heteroatoms. The zero-order valence-corrected chi connectivity index (χ0v) is 19.0. The van der Waals surface area contributed by atoms with Gasteiger partial charge in [-0.05, 0) is 48.5 Å². The lowest BCUT2D eigenvalue weighted by Crippen LogP contribution is -2.51. The molecule has 0 radical (unpaired) electrons. The van der Waals surface area contributed by atoms with Gasteiger partial charge in [0.15, 0.2) is 0 Å². The van der Waals surface area contributed by atoms with Crippen LogP contribution in [-0.2, 0) is 14.8 Å². The lowest BCUT2D eigenvalue weighted by molar-refractivity contribution is -0.130. The quantitative estimate of drug-likeness (QED) is 0.706. The van der Waals surface area contributed by atoms with Gasteiger partial charge in [-0.15, -0.1) is 0 Å². The molecule has 0 spiro atoms. The van der Waals surface area contributed by atoms with Crippen LogP contribution in [0.2, 0.25) is 5.02 Å². The first-order valence-electron chi connectivity index (χ1n) is 9.77. The van der Waals surface area contributed by atoms with E-state index in [1.807, 2.05) is 0 Å². The van der Waals surface area contributed by atoms with Gasteiger partial charge in [0.1, 0.15) is 0 Å². The van der Waals surface area contributed by atoms with Crippen LogP contribution >= 0.6 is 11.6 Å². The fourth-order valence-corrected chi connectivity index (χ4v) is 4.76. The molecular weight excluding hydrogens is 440 g/mol. The first-order valence-corrected chi connectivity index (χ1v) is 11.6. The van der Waals surface area contributed by atoms with E-state index in [0.29, 0.717) is 23.7 Å². The Bertz CT molecular complexity index is 1030. The van der Waals surface area contributed by atoms with Crippen molar-refractivity contribution in [2.75, 3.05) is 52.1 Å². The molecule has 166 valence electrons. The van der Waals surface area contributed by atoms with Crippen molar-refractivity contribution in [3.8, 4) is 0 Å². The average molecular weight is 465 g/mol. The molecule has 1 aliphatic heterocycles. The van der Waals surface area contributed by atoms with Gasteiger partial charge in [0.2, 0.25) is 15.9 Å². The summed E-state index contributed by atoms with van der Waals surface area (Å²) in [7, 11) is -0.234. The fourth-order valence-electron chi connectivity index (χ4n) is 3.21. The van der Waals surface area contributed by atoms with Crippen LogP contribution in [-0.4, -0.2) is 81.2 Å². The van der Waals surface area contributed by atoms with Crippen molar-refractivity contribution in [2.45, 2.75) is 4.90 Å². The Morgan fingerprint density at radius 2 is 1.55 bits per heavy atom. The Morgan fingerprint density at radius 3 is 2.10 bits per heavy atom. The van der Waals surface area contributed by atoms with E-state index in [0.717, 1.165) is 5.69 Å². The van der Waals surface area contributed by atoms with Gasteiger partial charge in [-0.3, -0.25) is 9.59 Å². The summed E-state index contributed by atoms with van der Waals surface area (Å²) in [4.78, 5) is 27.8. The van der Waals surface area contributed by atoms with E-state index >= 15 is 0 Å². The highest BCUT2D eigenvalue weighted by Crippen LogP contribution is 2.20. The molecule has 3 rings (SSSR count). The second kappa shape index (κ2) is 9.67. The Hall–Kier alpha value is -2.62. The number of nitrogens with one attached hydrogen (secondary N) is 1. The van der Waals surface area contributed by atoms with Gasteiger partial charge in [0.05, 0.1) is 11.4 Å². The van der Waals surface area contributed by atoms with Gasteiger partial charge in [0, 0.05) is 56.5 Å². The van der Waals surface area contributed by atoms with Crippen molar-refractivity contribution in [3.05, 3.63) is 59.1 Å². The van der Waals surface area contributed by atoms with Crippen LogP contribution in [0.1, 0.15) is 10.4 Å². The molecule has 8 nitrogen and oxygen atoms in total. The molecule has 0 bridgehead atoms. The highest BCUT2D eigenvalue weighted by atomic mass is 35.5. The molecule has 0 aromatic heterocycles. The number of piperazine rings is 1. The summed E-state index contributed by atoms with van der Waals surface area (Å²) in [6.45, 7) is 1.20. The van der Waals surface area contributed by atoms with Crippen LogP contribution in [0.5, 0.6) is 0 Å². The topological polar surface area (TPSA) is 90.0 Å². The van der Waals surface area contributed by atoms with Crippen LogP contribution in [0.4, 0.5) is 5.69 Å². The molecule has 1 aliphatic rings. The third-order valence-electron chi connectivity index (χ3n) is 5.02. The highest BCUT2D eigenvalue weighted by Gasteiger charge is 2.29. The summed E-state index contributed by atoms with van der Waals surface area (Å²) < 4.78 is 26.9. The Balaban J connectivity index is 1.51. The van der Waals surface area contributed by atoms with Crippen molar-refractivity contribution < 1.29 is 18.0 Å². The second-order valence-electron chi connectivity index (χ2n) is 7.37. The van der Waals surface area contributed by atoms with Crippen molar-refractivity contribution in [2.24, 2.45) is 0 Å². The van der Waals surface area contributed by atoms with E-state index in [4.69, 9.17) is 11.6 Å². The third-order valence-corrected chi connectivity index (χ3v) is 7.19. The molecule has 1 heterocycles. The van der Waals surface area contributed by atoms with E-state index in [2.05, 4.69) is 5.32 Å². The van der Waals surface area contributed by atoms with Crippen LogP contribution in [0.3, 0.4) is 0 Å². The molecule has 2 amide bonds. The predicted molar refractivity (Wildman–Crippen MR) is 120 cm³/mol. The first kappa shape index (κ1) is 23.1. The summed E-state index contributed by atoms with van der Waals surface area (Å²) in [5.41, 5.74) is 1.30. The first-order chi connectivity index (χ1) is 14.7. The summed E-state index contributed by atoms with van der Waals surface area (Å²) >= 11 is 5.83. The average Bonchev–Trinajstić information content (AvgIpc) is 2.77. The normalized spacial score (nSPS) is 14.9. The van der Waals surface area contributed by atoms with E-state index < -0.39 is 10.0 Å². The minimum Gasteiger partial charge on any atom is -0.376 e. The van der Waals surface area contributed by atoms with Gasteiger partial charge in [-0.1, -0.05) is 11.6 Å². The zero-order chi connectivity index (χ0) is 22.6.